The summed E-state index contributed by atoms with van der Waals surface area (Å²) < 4.78 is 31.7. The molecule has 6 nitrogen and oxygen atoms in total. The molecule has 0 saturated heterocycles. The van der Waals surface area contributed by atoms with E-state index < -0.39 is 10.0 Å². The van der Waals surface area contributed by atoms with E-state index >= 15 is 0 Å². The molecule has 0 heterocycles. The number of benzene rings is 2. The first-order valence-corrected chi connectivity index (χ1v) is 11.9. The summed E-state index contributed by atoms with van der Waals surface area (Å²) in [4.78, 5) is 12.8. The molecule has 0 aromatic heterocycles. The van der Waals surface area contributed by atoms with E-state index in [1.807, 2.05) is 24.3 Å². The molecule has 158 valence electrons. The Labute approximate surface area is 181 Å². The number of hydrogen-bond donors (Lipinski definition) is 1. The second-order valence-electron chi connectivity index (χ2n) is 7.27. The van der Waals surface area contributed by atoms with Crippen LogP contribution in [-0.2, 0) is 14.8 Å². The second-order valence-corrected chi connectivity index (χ2v) is 10.1. The van der Waals surface area contributed by atoms with Gasteiger partial charge in [-0.3, -0.25) is 9.10 Å². The van der Waals surface area contributed by atoms with Crippen molar-refractivity contribution in [2.24, 2.45) is 5.92 Å². The number of halogens is 1. The highest BCUT2D eigenvalue weighted by Gasteiger charge is 2.23. The molecule has 0 fully saturated rings. The van der Waals surface area contributed by atoms with Crippen LogP contribution in [0.1, 0.15) is 31.9 Å². The first-order valence-electron chi connectivity index (χ1n) is 9.26. The zero-order chi connectivity index (χ0) is 21.6. The van der Waals surface area contributed by atoms with E-state index in [9.17, 15) is 13.2 Å². The van der Waals surface area contributed by atoms with Gasteiger partial charge in [0.25, 0.3) is 0 Å². The quantitative estimate of drug-likeness (QED) is 0.582. The van der Waals surface area contributed by atoms with E-state index in [2.05, 4.69) is 35.1 Å². The normalized spacial score (nSPS) is 12.5. The van der Waals surface area contributed by atoms with Gasteiger partial charge in [0.1, 0.15) is 12.3 Å². The Kier molecular flexibility index (Phi) is 8.10. The molecule has 2 aromatic rings. The Morgan fingerprint density at radius 2 is 1.69 bits per heavy atom. The summed E-state index contributed by atoms with van der Waals surface area (Å²) in [7, 11) is -2.02. The van der Waals surface area contributed by atoms with Gasteiger partial charge in [0, 0.05) is 4.47 Å². The van der Waals surface area contributed by atoms with Crippen molar-refractivity contribution in [2.45, 2.75) is 26.3 Å². The third-order valence-electron chi connectivity index (χ3n) is 4.36. The zero-order valence-electron chi connectivity index (χ0n) is 17.1. The number of rotatable bonds is 9. The van der Waals surface area contributed by atoms with Crippen molar-refractivity contribution >= 4 is 37.5 Å². The molecule has 0 saturated carbocycles. The van der Waals surface area contributed by atoms with Gasteiger partial charge in [-0.2, -0.15) is 0 Å². The van der Waals surface area contributed by atoms with Crippen LogP contribution in [0.3, 0.4) is 0 Å². The molecule has 0 aliphatic rings. The summed E-state index contributed by atoms with van der Waals surface area (Å²) in [6, 6.07) is 14.1. The molecule has 0 aliphatic heterocycles. The van der Waals surface area contributed by atoms with Crippen LogP contribution in [0.15, 0.2) is 53.0 Å². The average molecular weight is 483 g/mol. The van der Waals surface area contributed by atoms with Gasteiger partial charge in [-0.1, -0.05) is 41.9 Å². The number of amides is 1. The standard InChI is InChI=1S/C21H27BrN2O4S/c1-15(2)13-20(16-5-11-19(28-3)12-6-16)23-21(25)14-24(29(4,26)27)18-9-7-17(22)8-10-18/h5-12,15,20H,13-14H2,1-4H3,(H,23,25)/t20-/m0/s1. The monoisotopic (exact) mass is 482 g/mol. The first kappa shape index (κ1) is 23.2. The SMILES string of the molecule is COc1ccc([C@H](CC(C)C)NC(=O)CN(c2ccc(Br)cc2)S(C)(=O)=O)cc1. The second kappa shape index (κ2) is 10.1. The minimum absolute atomic E-state index is 0.222. The van der Waals surface area contributed by atoms with Crippen LogP contribution in [0.2, 0.25) is 0 Å². The smallest absolute Gasteiger partial charge is 0.241 e. The number of methoxy groups -OCH3 is 1. The molecule has 0 unspecified atom stereocenters. The van der Waals surface area contributed by atoms with Crippen molar-refractivity contribution in [1.82, 2.24) is 5.32 Å². The molecule has 29 heavy (non-hydrogen) atoms. The van der Waals surface area contributed by atoms with Crippen LogP contribution < -0.4 is 14.4 Å². The van der Waals surface area contributed by atoms with E-state index in [1.165, 1.54) is 0 Å². The molecule has 1 amide bonds. The number of nitrogens with one attached hydrogen (secondary N) is 1. The Hall–Kier alpha value is -2.06. The molecule has 1 N–H and O–H groups in total. The van der Waals surface area contributed by atoms with Crippen molar-refractivity contribution in [1.29, 1.82) is 0 Å². The Balaban J connectivity index is 2.20. The lowest BCUT2D eigenvalue weighted by Gasteiger charge is -2.25. The van der Waals surface area contributed by atoms with Crippen LogP contribution in [0.4, 0.5) is 5.69 Å². The van der Waals surface area contributed by atoms with Crippen molar-refractivity contribution in [3.05, 3.63) is 58.6 Å². The summed E-state index contributed by atoms with van der Waals surface area (Å²) in [5.74, 6) is 0.724. The average Bonchev–Trinajstić information content (AvgIpc) is 2.65. The fourth-order valence-corrected chi connectivity index (χ4v) is 4.08. The van der Waals surface area contributed by atoms with Gasteiger partial charge in [-0.25, -0.2) is 8.42 Å². The number of nitrogens with zero attached hydrogens (tertiary/aromatic N) is 1. The van der Waals surface area contributed by atoms with Crippen LogP contribution in [0.25, 0.3) is 0 Å². The maximum atomic E-state index is 12.8. The van der Waals surface area contributed by atoms with E-state index in [0.29, 0.717) is 11.6 Å². The first-order chi connectivity index (χ1) is 13.6. The van der Waals surface area contributed by atoms with Crippen LogP contribution in [0.5, 0.6) is 5.75 Å². The number of ether oxygens (including phenoxy) is 1. The minimum atomic E-state index is -3.62. The van der Waals surface area contributed by atoms with Gasteiger partial charge in [-0.05, 0) is 54.3 Å². The van der Waals surface area contributed by atoms with Crippen molar-refractivity contribution in [2.75, 3.05) is 24.2 Å². The Morgan fingerprint density at radius 1 is 1.10 bits per heavy atom. The highest BCUT2D eigenvalue weighted by Crippen LogP contribution is 2.24. The maximum absolute atomic E-state index is 12.8. The third-order valence-corrected chi connectivity index (χ3v) is 6.03. The summed E-state index contributed by atoms with van der Waals surface area (Å²) in [6.07, 6.45) is 1.83. The van der Waals surface area contributed by atoms with Gasteiger partial charge in [0.05, 0.1) is 25.1 Å². The summed E-state index contributed by atoms with van der Waals surface area (Å²) in [6.45, 7) is 3.87. The predicted molar refractivity (Wildman–Crippen MR) is 120 cm³/mol. The van der Waals surface area contributed by atoms with E-state index in [-0.39, 0.29) is 18.5 Å². The van der Waals surface area contributed by atoms with Gasteiger partial charge in [0.15, 0.2) is 0 Å². The van der Waals surface area contributed by atoms with Crippen molar-refractivity contribution < 1.29 is 17.9 Å². The molecule has 0 aliphatic carbocycles. The molecule has 2 aromatic carbocycles. The Morgan fingerprint density at radius 3 is 2.17 bits per heavy atom. The molecule has 0 bridgehead atoms. The van der Waals surface area contributed by atoms with Crippen LogP contribution in [0, 0.1) is 5.92 Å². The third kappa shape index (κ3) is 7.04. The fraction of sp³-hybridized carbons (Fsp3) is 0.381. The summed E-state index contributed by atoms with van der Waals surface area (Å²) in [5.41, 5.74) is 1.39. The molecular weight excluding hydrogens is 456 g/mol. The topological polar surface area (TPSA) is 75.7 Å². The van der Waals surface area contributed by atoms with Crippen molar-refractivity contribution in [3.8, 4) is 5.75 Å². The fourth-order valence-electron chi connectivity index (χ4n) is 2.96. The van der Waals surface area contributed by atoms with Crippen LogP contribution in [-0.4, -0.2) is 34.2 Å². The highest BCUT2D eigenvalue weighted by molar-refractivity contribution is 9.10. The zero-order valence-corrected chi connectivity index (χ0v) is 19.5. The van der Waals surface area contributed by atoms with Crippen LogP contribution >= 0.6 is 15.9 Å². The van der Waals surface area contributed by atoms with E-state index in [1.54, 1.807) is 31.4 Å². The lowest BCUT2D eigenvalue weighted by atomic mass is 9.97. The van der Waals surface area contributed by atoms with Gasteiger partial charge in [-0.15, -0.1) is 0 Å². The molecular formula is C21H27BrN2O4S. The summed E-state index contributed by atoms with van der Waals surface area (Å²) in [5, 5.41) is 2.99. The van der Waals surface area contributed by atoms with Gasteiger partial charge in [0.2, 0.25) is 15.9 Å². The minimum Gasteiger partial charge on any atom is -0.497 e. The largest absolute Gasteiger partial charge is 0.497 e. The molecule has 0 spiro atoms. The molecule has 2 rings (SSSR count). The number of anilines is 1. The number of carbonyl (C=O) groups is 1. The highest BCUT2D eigenvalue weighted by atomic mass is 79.9. The van der Waals surface area contributed by atoms with E-state index in [0.717, 1.165) is 32.8 Å². The molecule has 0 radical (unpaired) electrons. The lowest BCUT2D eigenvalue weighted by Crippen LogP contribution is -2.41. The van der Waals surface area contributed by atoms with Gasteiger partial charge >= 0.3 is 0 Å². The lowest BCUT2D eigenvalue weighted by molar-refractivity contribution is -0.120. The number of hydrogen-bond acceptors (Lipinski definition) is 4. The summed E-state index contributed by atoms with van der Waals surface area (Å²) >= 11 is 3.33. The maximum Gasteiger partial charge on any atom is 0.241 e. The van der Waals surface area contributed by atoms with Crippen molar-refractivity contribution in [3.63, 3.8) is 0 Å². The van der Waals surface area contributed by atoms with Gasteiger partial charge < -0.3 is 10.1 Å². The number of carbonyl (C=O) groups excluding carboxylic acids is 1. The molecule has 8 heteroatoms. The Bertz CT molecular complexity index is 913. The number of sulfonamides is 1. The van der Waals surface area contributed by atoms with E-state index in [4.69, 9.17) is 4.74 Å². The molecule has 1 atom stereocenters. The predicted octanol–water partition coefficient (Wildman–Crippen LogP) is 4.13.